The van der Waals surface area contributed by atoms with Crippen LogP contribution >= 0.6 is 58.0 Å². The molecular weight excluding hydrogens is 546 g/mol. The van der Waals surface area contributed by atoms with Gasteiger partial charge in [-0.1, -0.05) is 78.1 Å². The molecule has 5 unspecified atom stereocenters. The van der Waals surface area contributed by atoms with Crippen LogP contribution in [0.2, 0.25) is 0 Å². The molecule has 0 heterocycles. The Morgan fingerprint density at radius 2 is 1.17 bits per heavy atom. The Kier molecular flexibility index (Phi) is 25.9. The fourth-order valence-corrected chi connectivity index (χ4v) is 5.51. The SMILES string of the molecule is CCCCCCCCCCCCOC(=O)CCC(Cl)CCC(Cl)C(Cl)CCCC(Cl)CC(Cl)CC. The van der Waals surface area contributed by atoms with Crippen molar-refractivity contribution in [2.24, 2.45) is 0 Å². The van der Waals surface area contributed by atoms with Gasteiger partial charge in [-0.3, -0.25) is 4.79 Å². The first-order chi connectivity index (χ1) is 16.8. The highest BCUT2D eigenvalue weighted by atomic mass is 35.5. The zero-order chi connectivity index (χ0) is 26.3. The van der Waals surface area contributed by atoms with Gasteiger partial charge in [0.05, 0.1) is 6.61 Å². The molecule has 0 N–H and O–H groups in total. The molecule has 0 rings (SSSR count). The quantitative estimate of drug-likeness (QED) is 0.0595. The van der Waals surface area contributed by atoms with Crippen LogP contribution in [-0.4, -0.2) is 39.5 Å². The molecule has 0 aliphatic carbocycles. The van der Waals surface area contributed by atoms with Gasteiger partial charge in [0.1, 0.15) is 0 Å². The zero-order valence-corrected chi connectivity index (χ0v) is 26.0. The summed E-state index contributed by atoms with van der Waals surface area (Å²) in [6.45, 7) is 4.84. The van der Waals surface area contributed by atoms with Gasteiger partial charge < -0.3 is 4.74 Å². The van der Waals surface area contributed by atoms with Crippen molar-refractivity contribution in [2.75, 3.05) is 6.61 Å². The summed E-state index contributed by atoms with van der Waals surface area (Å²) >= 11 is 31.9. The van der Waals surface area contributed by atoms with Crippen molar-refractivity contribution in [2.45, 2.75) is 163 Å². The molecule has 2 nitrogen and oxygen atoms in total. The van der Waals surface area contributed by atoms with Crippen LogP contribution in [-0.2, 0) is 9.53 Å². The topological polar surface area (TPSA) is 26.3 Å². The molecule has 0 aliphatic heterocycles. The number of unbranched alkanes of at least 4 members (excludes halogenated alkanes) is 9. The van der Waals surface area contributed by atoms with Crippen LogP contribution in [0, 0.1) is 0 Å². The molecule has 0 aromatic rings. The number of hydrogen-bond donors (Lipinski definition) is 0. The van der Waals surface area contributed by atoms with Crippen molar-refractivity contribution >= 4 is 64.0 Å². The Morgan fingerprint density at radius 3 is 1.77 bits per heavy atom. The monoisotopic (exact) mass is 594 g/mol. The molecule has 0 saturated heterocycles. The third-order valence-corrected chi connectivity index (χ3v) is 9.02. The van der Waals surface area contributed by atoms with Gasteiger partial charge in [0, 0.05) is 33.3 Å². The molecule has 0 aromatic heterocycles. The van der Waals surface area contributed by atoms with E-state index in [1.165, 1.54) is 51.4 Å². The lowest BCUT2D eigenvalue weighted by Crippen LogP contribution is -2.18. The highest BCUT2D eigenvalue weighted by Gasteiger charge is 2.20. The van der Waals surface area contributed by atoms with E-state index in [1.807, 2.05) is 0 Å². The fourth-order valence-electron chi connectivity index (χ4n) is 4.06. The second-order valence-electron chi connectivity index (χ2n) is 9.92. The van der Waals surface area contributed by atoms with Crippen molar-refractivity contribution in [3.63, 3.8) is 0 Å². The van der Waals surface area contributed by atoms with Crippen molar-refractivity contribution in [3.05, 3.63) is 0 Å². The molecule has 0 radical (unpaired) electrons. The van der Waals surface area contributed by atoms with Gasteiger partial charge in [0.15, 0.2) is 0 Å². The Bertz CT molecular complexity index is 480. The normalized spacial score (nSPS) is 16.0. The molecule has 0 spiro atoms. The lowest BCUT2D eigenvalue weighted by atomic mass is 10.0. The number of ether oxygens (including phenoxy) is 1. The van der Waals surface area contributed by atoms with Gasteiger partial charge in [0.25, 0.3) is 0 Å². The minimum absolute atomic E-state index is 0.0900. The van der Waals surface area contributed by atoms with E-state index in [4.69, 9.17) is 62.7 Å². The molecular formula is C28H51Cl5O2. The molecule has 210 valence electrons. The summed E-state index contributed by atoms with van der Waals surface area (Å²) in [5.41, 5.74) is 0. The zero-order valence-electron chi connectivity index (χ0n) is 22.2. The maximum atomic E-state index is 12.0. The van der Waals surface area contributed by atoms with Crippen LogP contribution in [0.4, 0.5) is 0 Å². The molecule has 0 bridgehead atoms. The summed E-state index contributed by atoms with van der Waals surface area (Å²) in [5.74, 6) is -0.151. The van der Waals surface area contributed by atoms with Crippen LogP contribution < -0.4 is 0 Å². The number of carbonyl (C=O) groups is 1. The highest BCUT2D eigenvalue weighted by molar-refractivity contribution is 6.30. The van der Waals surface area contributed by atoms with E-state index < -0.39 is 0 Å². The van der Waals surface area contributed by atoms with Gasteiger partial charge in [0.2, 0.25) is 0 Å². The fraction of sp³-hybridized carbons (Fsp3) is 0.964. The first kappa shape index (κ1) is 35.9. The summed E-state index contributed by atoms with van der Waals surface area (Å²) in [5, 5.41) is -0.0957. The van der Waals surface area contributed by atoms with E-state index in [0.29, 0.717) is 19.4 Å². The van der Waals surface area contributed by atoms with Gasteiger partial charge in [-0.15, -0.1) is 58.0 Å². The number of alkyl halides is 5. The molecule has 0 aromatic carbocycles. The summed E-state index contributed by atoms with van der Waals surface area (Å²) < 4.78 is 5.36. The number of carbonyl (C=O) groups excluding carboxylic acids is 1. The Morgan fingerprint density at radius 1 is 0.600 bits per heavy atom. The Hall–Kier alpha value is 0.920. The molecule has 5 atom stereocenters. The first-order valence-electron chi connectivity index (χ1n) is 14.2. The Balaban J connectivity index is 3.67. The third-order valence-electron chi connectivity index (χ3n) is 6.52. The molecule has 0 aliphatic rings. The molecule has 0 fully saturated rings. The summed E-state index contributed by atoms with van der Waals surface area (Å²) in [7, 11) is 0. The number of esters is 1. The van der Waals surface area contributed by atoms with Crippen LogP contribution in [0.1, 0.15) is 136 Å². The number of halogens is 5. The van der Waals surface area contributed by atoms with Gasteiger partial charge >= 0.3 is 5.97 Å². The second-order valence-corrected chi connectivity index (χ2v) is 12.9. The van der Waals surface area contributed by atoms with E-state index in [0.717, 1.165) is 57.8 Å². The van der Waals surface area contributed by atoms with E-state index in [-0.39, 0.29) is 32.9 Å². The predicted octanol–water partition coefficient (Wildman–Crippen LogP) is 11.0. The van der Waals surface area contributed by atoms with E-state index in [9.17, 15) is 4.79 Å². The largest absolute Gasteiger partial charge is 0.466 e. The summed E-state index contributed by atoms with van der Waals surface area (Å²) in [6, 6.07) is 0. The van der Waals surface area contributed by atoms with E-state index in [2.05, 4.69) is 13.8 Å². The maximum Gasteiger partial charge on any atom is 0.305 e. The lowest BCUT2D eigenvalue weighted by Gasteiger charge is -2.18. The second kappa shape index (κ2) is 25.2. The smallest absolute Gasteiger partial charge is 0.305 e. The maximum absolute atomic E-state index is 12.0. The van der Waals surface area contributed by atoms with Crippen LogP contribution in [0.15, 0.2) is 0 Å². The highest BCUT2D eigenvalue weighted by Crippen LogP contribution is 2.26. The average molecular weight is 597 g/mol. The van der Waals surface area contributed by atoms with Crippen molar-refractivity contribution in [1.82, 2.24) is 0 Å². The predicted molar refractivity (Wildman–Crippen MR) is 158 cm³/mol. The van der Waals surface area contributed by atoms with Crippen LogP contribution in [0.3, 0.4) is 0 Å². The molecule has 35 heavy (non-hydrogen) atoms. The van der Waals surface area contributed by atoms with Crippen LogP contribution in [0.25, 0.3) is 0 Å². The lowest BCUT2D eigenvalue weighted by molar-refractivity contribution is -0.143. The van der Waals surface area contributed by atoms with E-state index >= 15 is 0 Å². The molecule has 0 amide bonds. The van der Waals surface area contributed by atoms with Gasteiger partial charge in [-0.25, -0.2) is 0 Å². The molecule has 7 heteroatoms. The average Bonchev–Trinajstić information content (AvgIpc) is 2.84. The summed E-state index contributed by atoms with van der Waals surface area (Å²) in [4.78, 5) is 12.0. The van der Waals surface area contributed by atoms with Crippen LogP contribution in [0.5, 0.6) is 0 Å². The number of rotatable bonds is 25. The molecule has 0 saturated carbocycles. The van der Waals surface area contributed by atoms with Gasteiger partial charge in [-0.05, 0) is 51.4 Å². The summed E-state index contributed by atoms with van der Waals surface area (Å²) in [6.07, 6.45) is 19.6. The van der Waals surface area contributed by atoms with Gasteiger partial charge in [-0.2, -0.15) is 0 Å². The third kappa shape index (κ3) is 23.7. The Labute approximate surface area is 241 Å². The minimum Gasteiger partial charge on any atom is -0.466 e. The standard InChI is InChI=1S/C28H51Cl5O2/c1-3-5-6-7-8-9-10-11-12-13-21-35-28(34)20-18-24(30)17-19-27(33)26(32)16-14-15-25(31)22-23(29)4-2/h23-27H,3-22H2,1-2H3. The van der Waals surface area contributed by atoms with E-state index in [1.54, 1.807) is 0 Å². The van der Waals surface area contributed by atoms with Crippen molar-refractivity contribution < 1.29 is 9.53 Å². The van der Waals surface area contributed by atoms with Crippen molar-refractivity contribution in [1.29, 1.82) is 0 Å². The first-order valence-corrected chi connectivity index (χ1v) is 16.3. The number of hydrogen-bond acceptors (Lipinski definition) is 2. The minimum atomic E-state index is -0.151. The van der Waals surface area contributed by atoms with Crippen molar-refractivity contribution in [3.8, 4) is 0 Å².